The van der Waals surface area contributed by atoms with E-state index in [2.05, 4.69) is 130 Å². The average molecular weight is 646 g/mol. The van der Waals surface area contributed by atoms with Gasteiger partial charge >= 0.3 is 0 Å². The summed E-state index contributed by atoms with van der Waals surface area (Å²) in [6.45, 7) is 4.12. The van der Waals surface area contributed by atoms with Crippen molar-refractivity contribution in [3.8, 4) is 45.2 Å². The van der Waals surface area contributed by atoms with Gasteiger partial charge in [-0.2, -0.15) is 0 Å². The van der Waals surface area contributed by atoms with Gasteiger partial charge in [0, 0.05) is 30.3 Å². The molecule has 238 valence electrons. The Morgan fingerprint density at radius 3 is 1.74 bits per heavy atom. The zero-order valence-corrected chi connectivity index (χ0v) is 27.6. The zero-order valence-electron chi connectivity index (χ0n) is 27.6. The molecule has 8 aromatic rings. The predicted molar refractivity (Wildman–Crippen MR) is 203 cm³/mol. The Morgan fingerprint density at radius 1 is 0.500 bits per heavy atom. The topological polar surface area (TPSA) is 95.0 Å². The Morgan fingerprint density at radius 2 is 1.06 bits per heavy atom. The fourth-order valence-electron chi connectivity index (χ4n) is 7.14. The van der Waals surface area contributed by atoms with Gasteiger partial charge in [0.2, 0.25) is 0 Å². The second-order valence-corrected chi connectivity index (χ2v) is 13.4. The number of hydrogen-bond acceptors (Lipinski definition) is 5. The summed E-state index contributed by atoms with van der Waals surface area (Å²) in [5.41, 5.74) is 19.5. The molecule has 0 spiro atoms. The maximum atomic E-state index is 5.01. The highest BCUT2D eigenvalue weighted by atomic mass is 14.9. The molecule has 10 rings (SSSR count). The molecule has 0 radical (unpaired) electrons. The van der Waals surface area contributed by atoms with Gasteiger partial charge in [0.05, 0.1) is 39.2 Å². The van der Waals surface area contributed by atoms with Crippen molar-refractivity contribution in [2.75, 3.05) is 0 Å². The molecule has 7 nitrogen and oxygen atoms in total. The Hall–Kier alpha value is -6.47. The Balaban J connectivity index is 0.864. The molecule has 3 aromatic heterocycles. The molecule has 0 saturated heterocycles. The van der Waals surface area contributed by atoms with Crippen LogP contribution in [0.5, 0.6) is 0 Å². The molecule has 0 bridgehead atoms. The van der Waals surface area contributed by atoms with Crippen molar-refractivity contribution in [1.82, 2.24) is 24.9 Å². The smallest absolute Gasteiger partial charge is 0.157 e. The minimum absolute atomic E-state index is 0.779. The number of rotatable bonds is 5. The van der Waals surface area contributed by atoms with Crippen LogP contribution in [0.15, 0.2) is 125 Å². The molecule has 0 unspecified atom stereocenters. The minimum atomic E-state index is 0.779. The number of aliphatic imine (C=N–C) groups is 2. The van der Waals surface area contributed by atoms with E-state index in [0.29, 0.717) is 0 Å². The van der Waals surface area contributed by atoms with Crippen molar-refractivity contribution in [3.05, 3.63) is 138 Å². The van der Waals surface area contributed by atoms with Crippen LogP contribution in [-0.4, -0.2) is 36.3 Å². The van der Waals surface area contributed by atoms with Crippen molar-refractivity contribution >= 4 is 44.9 Å². The standard InChI is InChI=1S/C43H31N7/c1-24-3-12-38(44-23-24)43-48-37-16-11-31(21-41(37)50-43)29-9-14-35-33(19-29)22-39(46-35)26-4-6-27(7-5-26)42-47-36-15-10-30(20-40(36)49-42)28-8-13-34-32(18-28)17-25(2)45-34/h3-16,18-21,23H,17,22H2,1-2H3,(H,47,49)(H,48,50). The number of aryl methyl sites for hydroxylation is 1. The Bertz CT molecular complexity index is 2710. The number of imidazole rings is 2. The van der Waals surface area contributed by atoms with Crippen molar-refractivity contribution in [2.24, 2.45) is 9.98 Å². The molecule has 2 aliphatic rings. The number of aromatic amines is 2. The number of aromatic nitrogens is 5. The molecule has 2 N–H and O–H groups in total. The second kappa shape index (κ2) is 11.0. The van der Waals surface area contributed by atoms with Gasteiger partial charge in [0.1, 0.15) is 11.5 Å². The van der Waals surface area contributed by atoms with E-state index in [0.717, 1.165) is 103 Å². The van der Waals surface area contributed by atoms with Gasteiger partial charge in [0.15, 0.2) is 5.82 Å². The summed E-state index contributed by atoms with van der Waals surface area (Å²) in [4.78, 5) is 30.9. The molecule has 5 aromatic carbocycles. The van der Waals surface area contributed by atoms with Crippen LogP contribution < -0.4 is 0 Å². The molecular weight excluding hydrogens is 615 g/mol. The van der Waals surface area contributed by atoms with E-state index in [4.69, 9.17) is 15.0 Å². The number of pyridine rings is 1. The van der Waals surface area contributed by atoms with Crippen LogP contribution >= 0.6 is 0 Å². The summed E-state index contributed by atoms with van der Waals surface area (Å²) in [5.74, 6) is 1.64. The highest BCUT2D eigenvalue weighted by Crippen LogP contribution is 2.36. The highest BCUT2D eigenvalue weighted by Gasteiger charge is 2.18. The number of nitrogens with zero attached hydrogens (tertiary/aromatic N) is 5. The normalized spacial score (nSPS) is 13.5. The quantitative estimate of drug-likeness (QED) is 0.195. The summed E-state index contributed by atoms with van der Waals surface area (Å²) >= 11 is 0. The fourth-order valence-corrected chi connectivity index (χ4v) is 7.14. The van der Waals surface area contributed by atoms with Crippen LogP contribution in [0.25, 0.3) is 67.2 Å². The lowest BCUT2D eigenvalue weighted by Gasteiger charge is -2.05. The molecule has 0 amide bonds. The Kier molecular flexibility index (Phi) is 6.30. The van der Waals surface area contributed by atoms with Gasteiger partial charge < -0.3 is 9.97 Å². The molecule has 0 atom stereocenters. The number of nitrogens with one attached hydrogen (secondary N) is 2. The number of hydrogen-bond donors (Lipinski definition) is 2. The first kappa shape index (κ1) is 28.5. The van der Waals surface area contributed by atoms with Crippen molar-refractivity contribution in [1.29, 1.82) is 0 Å². The minimum Gasteiger partial charge on any atom is -0.338 e. The molecule has 50 heavy (non-hydrogen) atoms. The third-order valence-corrected chi connectivity index (χ3v) is 9.81. The van der Waals surface area contributed by atoms with Crippen molar-refractivity contribution < 1.29 is 0 Å². The van der Waals surface area contributed by atoms with E-state index in [1.54, 1.807) is 0 Å². The van der Waals surface area contributed by atoms with Crippen LogP contribution in [0.3, 0.4) is 0 Å². The lowest BCUT2D eigenvalue weighted by molar-refractivity contribution is 1.21. The van der Waals surface area contributed by atoms with E-state index in [9.17, 15) is 0 Å². The van der Waals surface area contributed by atoms with Crippen LogP contribution in [0.2, 0.25) is 0 Å². The van der Waals surface area contributed by atoms with Crippen molar-refractivity contribution in [2.45, 2.75) is 26.7 Å². The monoisotopic (exact) mass is 645 g/mol. The van der Waals surface area contributed by atoms with E-state index in [-0.39, 0.29) is 0 Å². The summed E-state index contributed by atoms with van der Waals surface area (Å²) < 4.78 is 0. The number of H-pyrrole nitrogens is 2. The molecule has 5 heterocycles. The van der Waals surface area contributed by atoms with Gasteiger partial charge in [-0.1, -0.05) is 54.6 Å². The second-order valence-electron chi connectivity index (χ2n) is 13.4. The highest BCUT2D eigenvalue weighted by molar-refractivity contribution is 6.07. The van der Waals surface area contributed by atoms with E-state index < -0.39 is 0 Å². The van der Waals surface area contributed by atoms with Gasteiger partial charge in [-0.15, -0.1) is 0 Å². The van der Waals surface area contributed by atoms with Crippen LogP contribution in [0.1, 0.15) is 29.2 Å². The zero-order chi connectivity index (χ0) is 33.3. The largest absolute Gasteiger partial charge is 0.338 e. The Labute approximate surface area is 288 Å². The molecule has 0 saturated carbocycles. The SMILES string of the molecule is CC1=Nc2ccc(-c3ccc4[nH]c(-c5ccc(C6=Nc7ccc(-c8ccc9[nH]c(-c%10ccc(C)cn%10)nc9c8)cc7C6)cc5)nc4c3)cc2C1. The molecule has 7 heteroatoms. The van der Waals surface area contributed by atoms with Crippen LogP contribution in [0, 0.1) is 6.92 Å². The third-order valence-electron chi connectivity index (χ3n) is 9.81. The summed E-state index contributed by atoms with van der Waals surface area (Å²) in [6, 6.07) is 38.5. The predicted octanol–water partition coefficient (Wildman–Crippen LogP) is 10.1. The number of fused-ring (bicyclic) bond motifs is 4. The number of benzene rings is 5. The van der Waals surface area contributed by atoms with Gasteiger partial charge in [-0.05, 0) is 113 Å². The van der Waals surface area contributed by atoms with Crippen molar-refractivity contribution in [3.63, 3.8) is 0 Å². The molecule has 2 aliphatic heterocycles. The van der Waals surface area contributed by atoms with E-state index >= 15 is 0 Å². The lowest BCUT2D eigenvalue weighted by Crippen LogP contribution is -2.00. The van der Waals surface area contributed by atoms with E-state index in [1.165, 1.54) is 22.4 Å². The van der Waals surface area contributed by atoms with Crippen LogP contribution in [-0.2, 0) is 12.8 Å². The van der Waals surface area contributed by atoms with Gasteiger partial charge in [-0.3, -0.25) is 15.0 Å². The van der Waals surface area contributed by atoms with Crippen LogP contribution in [0.4, 0.5) is 11.4 Å². The fraction of sp³-hybridized carbons (Fsp3) is 0.0930. The summed E-state index contributed by atoms with van der Waals surface area (Å²) in [5, 5.41) is 0. The summed E-state index contributed by atoms with van der Waals surface area (Å²) in [6.07, 6.45) is 3.58. The first-order valence-corrected chi connectivity index (χ1v) is 16.9. The molecule has 0 aliphatic carbocycles. The van der Waals surface area contributed by atoms with Gasteiger partial charge in [-0.25, -0.2) is 9.97 Å². The van der Waals surface area contributed by atoms with E-state index in [1.807, 2.05) is 19.2 Å². The average Bonchev–Trinajstić information content (AvgIpc) is 3.94. The maximum Gasteiger partial charge on any atom is 0.157 e. The van der Waals surface area contributed by atoms with Gasteiger partial charge in [0.25, 0.3) is 0 Å². The molecular formula is C43H31N7. The first-order chi connectivity index (χ1) is 24.5. The molecule has 0 fully saturated rings. The third kappa shape index (κ3) is 4.94. The maximum absolute atomic E-state index is 5.01. The lowest BCUT2D eigenvalue weighted by atomic mass is 9.98. The summed E-state index contributed by atoms with van der Waals surface area (Å²) in [7, 11) is 0. The first-order valence-electron chi connectivity index (χ1n) is 16.9.